The molecule has 0 aliphatic carbocycles. The quantitative estimate of drug-likeness (QED) is 0.919. The van der Waals surface area contributed by atoms with Crippen LogP contribution in [0.3, 0.4) is 0 Å². The first kappa shape index (κ1) is 11.7. The molecule has 0 saturated carbocycles. The van der Waals surface area contributed by atoms with E-state index >= 15 is 0 Å². The van der Waals surface area contributed by atoms with E-state index in [1.54, 1.807) is 7.05 Å². The van der Waals surface area contributed by atoms with Crippen molar-refractivity contribution in [1.29, 1.82) is 0 Å². The Morgan fingerprint density at radius 3 is 2.71 bits per heavy atom. The summed E-state index contributed by atoms with van der Waals surface area (Å²) in [4.78, 5) is 13.7. The number of carbonyl (C=O) groups is 1. The average molecular weight is 278 g/mol. The van der Waals surface area contributed by atoms with Gasteiger partial charge in [-0.3, -0.25) is 4.79 Å². The molecule has 3 nitrogen and oxygen atoms in total. The highest BCUT2D eigenvalue weighted by Gasteiger charge is 2.19. The van der Waals surface area contributed by atoms with E-state index in [2.05, 4.69) is 15.9 Å². The molecule has 1 atom stereocenters. The van der Waals surface area contributed by atoms with Gasteiger partial charge < -0.3 is 10.0 Å². The third-order valence-electron chi connectivity index (χ3n) is 2.06. The largest absolute Gasteiger partial charge is 0.394 e. The van der Waals surface area contributed by atoms with Gasteiger partial charge in [0.15, 0.2) is 0 Å². The predicted octanol–water partition coefficient (Wildman–Crippen LogP) is 2.02. The van der Waals surface area contributed by atoms with Gasteiger partial charge in [-0.2, -0.15) is 0 Å². The van der Waals surface area contributed by atoms with Crippen LogP contribution in [-0.4, -0.2) is 29.6 Å². The first-order chi connectivity index (χ1) is 6.56. The predicted molar refractivity (Wildman–Crippen MR) is 60.3 cm³/mol. The number of likely N-dealkylation sites (N-methyl/N-ethyl adjacent to an activating group) is 1. The molecule has 0 spiro atoms. The second-order valence-electron chi connectivity index (χ2n) is 2.97. The van der Waals surface area contributed by atoms with Gasteiger partial charge in [0, 0.05) is 18.8 Å². The van der Waals surface area contributed by atoms with Crippen LogP contribution < -0.4 is 0 Å². The summed E-state index contributed by atoms with van der Waals surface area (Å²) in [5, 5.41) is 9.21. The molecular formula is C9H12BrNO2S. The maximum absolute atomic E-state index is 11.1. The van der Waals surface area contributed by atoms with Gasteiger partial charge in [-0.05, 0) is 28.1 Å². The van der Waals surface area contributed by atoms with E-state index in [9.17, 15) is 9.90 Å². The fourth-order valence-corrected chi connectivity index (χ4v) is 2.69. The summed E-state index contributed by atoms with van der Waals surface area (Å²) in [6, 6.07) is 3.59. The Bertz CT molecular complexity index is 326. The normalized spacial score (nSPS) is 12.6. The number of amides is 1. The van der Waals surface area contributed by atoms with Gasteiger partial charge in [0.1, 0.15) is 0 Å². The van der Waals surface area contributed by atoms with Crippen LogP contribution >= 0.6 is 27.3 Å². The monoisotopic (exact) mass is 277 g/mol. The molecule has 0 aliphatic heterocycles. The van der Waals surface area contributed by atoms with Gasteiger partial charge in [-0.1, -0.05) is 0 Å². The zero-order chi connectivity index (χ0) is 10.7. The summed E-state index contributed by atoms with van der Waals surface area (Å²) >= 11 is 4.88. The summed E-state index contributed by atoms with van der Waals surface area (Å²) in [5.74, 6) is -0.0476. The molecule has 1 aromatic heterocycles. The molecule has 14 heavy (non-hydrogen) atoms. The lowest BCUT2D eigenvalue weighted by Crippen LogP contribution is -2.30. The zero-order valence-corrected chi connectivity index (χ0v) is 10.4. The van der Waals surface area contributed by atoms with Gasteiger partial charge >= 0.3 is 0 Å². The summed E-state index contributed by atoms with van der Waals surface area (Å²) in [5.41, 5.74) is 0. The van der Waals surface area contributed by atoms with Crippen molar-refractivity contribution >= 4 is 33.2 Å². The van der Waals surface area contributed by atoms with Crippen molar-refractivity contribution in [3.8, 4) is 0 Å². The Kier molecular flexibility index (Phi) is 4.10. The SMILES string of the molecule is CC(=O)N(C)C(CO)c1ccc(Br)s1. The van der Waals surface area contributed by atoms with Crippen LogP contribution in [0.1, 0.15) is 17.8 Å². The van der Waals surface area contributed by atoms with Gasteiger partial charge in [-0.25, -0.2) is 0 Å². The topological polar surface area (TPSA) is 40.5 Å². The third kappa shape index (κ3) is 2.56. The van der Waals surface area contributed by atoms with Gasteiger partial charge in [-0.15, -0.1) is 11.3 Å². The molecule has 1 unspecified atom stereocenters. The van der Waals surface area contributed by atoms with E-state index in [1.165, 1.54) is 23.2 Å². The van der Waals surface area contributed by atoms with Crippen molar-refractivity contribution in [2.45, 2.75) is 13.0 Å². The van der Waals surface area contributed by atoms with Crippen LogP contribution in [0.25, 0.3) is 0 Å². The Balaban J connectivity index is 2.86. The minimum absolute atomic E-state index is 0.0476. The minimum Gasteiger partial charge on any atom is -0.394 e. The summed E-state index contributed by atoms with van der Waals surface area (Å²) in [6.07, 6.45) is 0. The van der Waals surface area contributed by atoms with E-state index in [0.29, 0.717) is 0 Å². The highest BCUT2D eigenvalue weighted by molar-refractivity contribution is 9.11. The van der Waals surface area contributed by atoms with Gasteiger partial charge in [0.25, 0.3) is 0 Å². The molecule has 78 valence electrons. The molecule has 0 aromatic carbocycles. The summed E-state index contributed by atoms with van der Waals surface area (Å²) < 4.78 is 1.00. The van der Waals surface area contributed by atoms with Crippen molar-refractivity contribution in [1.82, 2.24) is 4.90 Å². The van der Waals surface area contributed by atoms with Crippen molar-refractivity contribution in [2.24, 2.45) is 0 Å². The number of carbonyl (C=O) groups excluding carboxylic acids is 1. The highest BCUT2D eigenvalue weighted by atomic mass is 79.9. The fraction of sp³-hybridized carbons (Fsp3) is 0.444. The molecular weight excluding hydrogens is 266 g/mol. The molecule has 0 radical (unpaired) electrons. The summed E-state index contributed by atoms with van der Waals surface area (Å²) in [6.45, 7) is 1.44. The number of nitrogens with zero attached hydrogens (tertiary/aromatic N) is 1. The maximum atomic E-state index is 11.1. The zero-order valence-electron chi connectivity index (χ0n) is 8.03. The van der Waals surface area contributed by atoms with E-state index in [-0.39, 0.29) is 18.6 Å². The number of hydrogen-bond donors (Lipinski definition) is 1. The number of rotatable bonds is 3. The lowest BCUT2D eigenvalue weighted by Gasteiger charge is -2.24. The standard InChI is InChI=1S/C9H12BrNO2S/c1-6(13)11(2)7(5-12)8-3-4-9(10)14-8/h3-4,7,12H,5H2,1-2H3. The van der Waals surface area contributed by atoms with E-state index in [0.717, 1.165) is 8.66 Å². The van der Waals surface area contributed by atoms with Crippen molar-refractivity contribution in [3.63, 3.8) is 0 Å². The molecule has 5 heteroatoms. The molecule has 1 amide bonds. The van der Waals surface area contributed by atoms with E-state index in [1.807, 2.05) is 12.1 Å². The molecule has 0 fully saturated rings. The van der Waals surface area contributed by atoms with E-state index in [4.69, 9.17) is 0 Å². The van der Waals surface area contributed by atoms with Crippen LogP contribution in [0.4, 0.5) is 0 Å². The maximum Gasteiger partial charge on any atom is 0.219 e. The van der Waals surface area contributed by atoms with Crippen molar-refractivity contribution < 1.29 is 9.90 Å². The number of aliphatic hydroxyl groups excluding tert-OH is 1. The lowest BCUT2D eigenvalue weighted by atomic mass is 10.2. The number of thiophene rings is 1. The Morgan fingerprint density at radius 1 is 1.71 bits per heavy atom. The second-order valence-corrected chi connectivity index (χ2v) is 5.46. The molecule has 1 aromatic rings. The van der Waals surface area contributed by atoms with Crippen LogP contribution in [0.15, 0.2) is 15.9 Å². The fourth-order valence-electron chi connectivity index (χ4n) is 1.13. The molecule has 0 bridgehead atoms. The second kappa shape index (κ2) is 4.91. The first-order valence-corrected chi connectivity index (χ1v) is 5.76. The summed E-state index contributed by atoms with van der Waals surface area (Å²) in [7, 11) is 1.69. The third-order valence-corrected chi connectivity index (χ3v) is 3.78. The first-order valence-electron chi connectivity index (χ1n) is 4.15. The molecule has 1 rings (SSSR count). The molecule has 1 N–H and O–H groups in total. The van der Waals surface area contributed by atoms with Crippen molar-refractivity contribution in [2.75, 3.05) is 13.7 Å². The Labute approximate surface area is 95.5 Å². The van der Waals surface area contributed by atoms with Crippen LogP contribution in [0.2, 0.25) is 0 Å². The smallest absolute Gasteiger partial charge is 0.219 e. The molecule has 1 heterocycles. The van der Waals surface area contributed by atoms with Crippen LogP contribution in [0.5, 0.6) is 0 Å². The van der Waals surface area contributed by atoms with Crippen molar-refractivity contribution in [3.05, 3.63) is 20.8 Å². The van der Waals surface area contributed by atoms with Gasteiger partial charge in [0.2, 0.25) is 5.91 Å². The Morgan fingerprint density at radius 2 is 2.36 bits per heavy atom. The number of hydrogen-bond acceptors (Lipinski definition) is 3. The Hall–Kier alpha value is -0.390. The van der Waals surface area contributed by atoms with Crippen LogP contribution in [-0.2, 0) is 4.79 Å². The average Bonchev–Trinajstić information content (AvgIpc) is 2.53. The minimum atomic E-state index is -0.233. The molecule has 0 aliphatic rings. The van der Waals surface area contributed by atoms with E-state index < -0.39 is 0 Å². The highest BCUT2D eigenvalue weighted by Crippen LogP contribution is 2.29. The number of aliphatic hydroxyl groups is 1. The lowest BCUT2D eigenvalue weighted by molar-refractivity contribution is -0.130. The number of halogens is 1. The van der Waals surface area contributed by atoms with Crippen LogP contribution in [0, 0.1) is 0 Å². The van der Waals surface area contributed by atoms with Gasteiger partial charge in [0.05, 0.1) is 16.4 Å². The molecule has 0 saturated heterocycles.